The molecule has 67 valence electrons. The van der Waals surface area contributed by atoms with Crippen LogP contribution in [0.15, 0.2) is 12.7 Å². The monoisotopic (exact) mass is 211 g/mol. The van der Waals surface area contributed by atoms with E-state index in [1.54, 1.807) is 0 Å². The molecule has 10 aliphatic rings. The Morgan fingerprint density at radius 3 is 1.38 bits per heavy atom. The second-order valence-corrected chi connectivity index (χ2v) is 35.7. The van der Waals surface area contributed by atoms with Gasteiger partial charge >= 0.3 is 66.8 Å². The Kier molecular flexibility index (Phi) is 0.0765. The van der Waals surface area contributed by atoms with Crippen molar-refractivity contribution < 1.29 is 6.51 Å². The molecule has 0 bridgehead atoms. The molecule has 10 rings (SSSR count). The molecule has 0 aromatic rings. The van der Waals surface area contributed by atoms with Crippen LogP contribution in [0.2, 0.25) is 47.7 Å². The normalized spacial score (nSPS) is 152. The van der Waals surface area contributed by atoms with E-state index in [-0.39, 0.29) is 0 Å². The van der Waals surface area contributed by atoms with E-state index in [1.807, 2.05) is 0 Å². The molecule has 10 fully saturated rings. The molecule has 0 N–H and O–H groups in total. The van der Waals surface area contributed by atoms with Crippen molar-refractivity contribution in [2.45, 2.75) is 47.7 Å². The third kappa shape index (κ3) is 0.0276. The van der Waals surface area contributed by atoms with Crippen LogP contribution in [0.1, 0.15) is 0 Å². The van der Waals surface area contributed by atoms with Gasteiger partial charge in [0.25, 0.3) is 0 Å². The van der Waals surface area contributed by atoms with Crippen LogP contribution in [-0.2, 0) is 6.51 Å². The first-order valence-electron chi connectivity index (χ1n) is 6.09. The van der Waals surface area contributed by atoms with Crippen LogP contribution in [0.5, 0.6) is 0 Å². The molecule has 4 unspecified atom stereocenters. The Morgan fingerprint density at radius 2 is 1.31 bits per heavy atom. The molecule has 10 heterocycles. The van der Waals surface area contributed by atoms with Crippen molar-refractivity contribution in [3.8, 4) is 0 Å². The summed E-state index contributed by atoms with van der Waals surface area (Å²) >= 11 is 0. The number of hydrogen-bond acceptors (Lipinski definition) is 0. The predicted octanol–water partition coefficient (Wildman–Crippen LogP) is 3.93. The van der Waals surface area contributed by atoms with Crippen molar-refractivity contribution in [3.05, 3.63) is 12.7 Å². The minimum absolute atomic E-state index is 1.01. The number of hydrogen-bond donors (Lipinski definition) is 0. The van der Waals surface area contributed by atoms with E-state index in [4.69, 9.17) is 0 Å². The minimum atomic E-state index is -2.71. The third-order valence-electron chi connectivity index (χ3n) is 16.0. The quantitative estimate of drug-likeness (QED) is 0.455. The molecule has 0 nitrogen and oxygen atoms in total. The summed E-state index contributed by atoms with van der Waals surface area (Å²) in [5, 5.41) is 0. The van der Waals surface area contributed by atoms with Crippen LogP contribution >= 0.6 is 0 Å². The topological polar surface area (TPSA) is 0 Å². The fourth-order valence-corrected chi connectivity index (χ4v) is 99.4. The average molecular weight is 211 g/mol. The molecule has 0 aliphatic carbocycles. The summed E-state index contributed by atoms with van der Waals surface area (Å²) in [6.07, 6.45) is 2.57. The number of fused-ring (bicyclic) bond motifs is 10. The van der Waals surface area contributed by atoms with Gasteiger partial charge in [0.05, 0.1) is 0 Å². The summed E-state index contributed by atoms with van der Waals surface area (Å²) < 4.78 is 1.01. The second kappa shape index (κ2) is 0.247. The van der Waals surface area contributed by atoms with Gasteiger partial charge in [0, 0.05) is 0 Å². The van der Waals surface area contributed by atoms with Gasteiger partial charge in [0.1, 0.15) is 0 Å². The summed E-state index contributed by atoms with van der Waals surface area (Å²) in [5.74, 6) is 0. The Balaban J connectivity index is 2.14. The van der Waals surface area contributed by atoms with Gasteiger partial charge in [0.15, 0.2) is 0 Å². The van der Waals surface area contributed by atoms with E-state index < -0.39 is 6.51 Å². The first-order chi connectivity index (χ1) is 6.11. The van der Waals surface area contributed by atoms with Crippen LogP contribution in [0, 0.1) is 0 Å². The Hall–Kier alpha value is 0.259. The Bertz CT molecular complexity index is 794. The van der Waals surface area contributed by atoms with Gasteiger partial charge in [-0.1, -0.05) is 0 Å². The molecule has 0 amide bonds. The fraction of sp³-hybridized carbons (Fsp3) is 0.833. The Labute approximate surface area is 67.0 Å². The summed E-state index contributed by atoms with van der Waals surface area (Å²) in [7, 11) is 0. The van der Waals surface area contributed by atoms with Crippen LogP contribution in [0.3, 0.4) is 0 Å². The molecule has 0 aromatic carbocycles. The van der Waals surface area contributed by atoms with Gasteiger partial charge in [-0.3, -0.25) is 0 Å². The van der Waals surface area contributed by atoms with Crippen molar-refractivity contribution >= 4 is 0 Å². The molecule has 13 heavy (non-hydrogen) atoms. The van der Waals surface area contributed by atoms with Crippen molar-refractivity contribution in [3.63, 3.8) is 0 Å². The number of rotatable bonds is 1. The molecule has 1 heteroatoms. The van der Waals surface area contributed by atoms with E-state index in [1.165, 1.54) is 43.3 Å². The molecular weight excluding hydrogens is 199 g/mol. The molecule has 1 spiro atoms. The first kappa shape index (κ1) is 4.02. The van der Waals surface area contributed by atoms with Gasteiger partial charge in [-0.25, -0.2) is 0 Å². The molecule has 10 aliphatic heterocycles. The maximum atomic E-state index is 4.29. The van der Waals surface area contributed by atoms with E-state index >= 15 is 0 Å². The van der Waals surface area contributed by atoms with Gasteiger partial charge in [0.2, 0.25) is 0 Å². The van der Waals surface area contributed by atoms with Crippen molar-refractivity contribution in [1.82, 2.24) is 0 Å². The van der Waals surface area contributed by atoms with E-state index in [0.717, 1.165) is 4.31 Å². The SMILES string of the molecule is C=C[C]12[CH]3[CH]4[CH]5[CH]1[Mn]45321678[CH]2[CH]1[CH]6[CH]7[CH]28. The number of allylic oxidation sites excluding steroid dienone is 1. The molecular formula is C12H12Mn. The zero-order valence-electron chi connectivity index (χ0n) is 7.36. The summed E-state index contributed by atoms with van der Waals surface area (Å²) in [6.45, 7) is 1.58. The zero-order chi connectivity index (χ0) is 7.72. The van der Waals surface area contributed by atoms with Gasteiger partial charge < -0.3 is 0 Å². The van der Waals surface area contributed by atoms with Crippen LogP contribution in [0.25, 0.3) is 0 Å². The van der Waals surface area contributed by atoms with E-state index in [0.29, 0.717) is 0 Å². The zero-order valence-corrected chi connectivity index (χ0v) is 8.54. The van der Waals surface area contributed by atoms with E-state index in [9.17, 15) is 0 Å². The molecule has 0 aromatic heterocycles. The average Bonchev–Trinajstić information content (AvgIpc) is 3.12. The van der Waals surface area contributed by atoms with Crippen LogP contribution in [-0.4, -0.2) is 0 Å². The van der Waals surface area contributed by atoms with Gasteiger partial charge in [-0.15, -0.1) is 0 Å². The summed E-state index contributed by atoms with van der Waals surface area (Å²) in [6, 6.07) is 0. The van der Waals surface area contributed by atoms with Crippen molar-refractivity contribution in [2.24, 2.45) is 0 Å². The second-order valence-electron chi connectivity index (χ2n) is 10.5. The fourth-order valence-electron chi connectivity index (χ4n) is 18.2. The predicted molar refractivity (Wildman–Crippen MR) is 46.6 cm³/mol. The van der Waals surface area contributed by atoms with E-state index in [2.05, 4.69) is 12.7 Å². The molecule has 0 radical (unpaired) electrons. The van der Waals surface area contributed by atoms with Crippen LogP contribution < -0.4 is 0 Å². The molecule has 10 saturated heterocycles. The third-order valence-corrected chi connectivity index (χ3v) is 61.5. The van der Waals surface area contributed by atoms with Crippen LogP contribution in [0.4, 0.5) is 0 Å². The van der Waals surface area contributed by atoms with Crippen molar-refractivity contribution in [1.29, 1.82) is 0 Å². The van der Waals surface area contributed by atoms with Gasteiger partial charge in [-0.2, -0.15) is 0 Å². The first-order valence-corrected chi connectivity index (χ1v) is 12.8. The standard InChI is InChI=1S/C7H7.C5H5.Mn/c1-2-7-5-3-4-6-7;1-2-4-5-3-1;/h2-6H,1H2;1-5H;. The van der Waals surface area contributed by atoms with Gasteiger partial charge in [-0.05, 0) is 0 Å². The maximum absolute atomic E-state index is 4.29. The molecule has 4 atom stereocenters. The Morgan fingerprint density at radius 1 is 0.846 bits per heavy atom. The molecule has 0 saturated carbocycles. The summed E-state index contributed by atoms with van der Waals surface area (Å²) in [4.78, 5) is 13.4. The van der Waals surface area contributed by atoms with Crippen molar-refractivity contribution in [2.75, 3.05) is 0 Å². The summed E-state index contributed by atoms with van der Waals surface area (Å²) in [5.41, 5.74) is 0.